The van der Waals surface area contributed by atoms with E-state index in [0.29, 0.717) is 12.1 Å². The highest BCUT2D eigenvalue weighted by Gasteiger charge is 2.31. The van der Waals surface area contributed by atoms with Crippen molar-refractivity contribution in [2.75, 3.05) is 4.90 Å². The van der Waals surface area contributed by atoms with Crippen LogP contribution in [0.2, 0.25) is 0 Å². The second-order valence-electron chi connectivity index (χ2n) is 6.01. The van der Waals surface area contributed by atoms with Crippen LogP contribution in [0.25, 0.3) is 0 Å². The van der Waals surface area contributed by atoms with E-state index in [0.717, 1.165) is 18.9 Å². The summed E-state index contributed by atoms with van der Waals surface area (Å²) in [5, 5.41) is 7.90. The molecule has 0 radical (unpaired) electrons. The van der Waals surface area contributed by atoms with Crippen molar-refractivity contribution in [2.24, 2.45) is 0 Å². The van der Waals surface area contributed by atoms with Crippen molar-refractivity contribution < 1.29 is 0 Å². The minimum Gasteiger partial charge on any atom is -0.349 e. The Hall–Kier alpha value is -1.39. The minimum absolute atomic E-state index is 0.490. The monoisotopic (exact) mass is 301 g/mol. The lowest BCUT2D eigenvalue weighted by Crippen LogP contribution is -2.29. The topological polar surface area (TPSA) is 28.2 Å². The average molecular weight is 301 g/mol. The number of nitrogens with zero attached hydrogens (tertiary/aromatic N) is 2. The van der Waals surface area contributed by atoms with Crippen molar-refractivity contribution in [1.29, 1.82) is 0 Å². The molecule has 0 bridgehead atoms. The standard InChI is InChI=1S/C17H23N3S/c1-13(2)19-10-15-4-3-8-18-17(15)20(16-5-6-16)11-14-7-9-21-12-14/h3-4,7-9,12-13,16,19H,5-6,10-11H2,1-2H3. The summed E-state index contributed by atoms with van der Waals surface area (Å²) in [6, 6.07) is 7.61. The molecule has 0 aliphatic heterocycles. The lowest BCUT2D eigenvalue weighted by atomic mass is 10.2. The van der Waals surface area contributed by atoms with Crippen LogP contribution < -0.4 is 10.2 Å². The molecular weight excluding hydrogens is 278 g/mol. The third-order valence-electron chi connectivity index (χ3n) is 3.76. The molecule has 0 unspecified atom stereocenters. The molecule has 0 aromatic carbocycles. The van der Waals surface area contributed by atoms with Crippen LogP contribution in [0.3, 0.4) is 0 Å². The van der Waals surface area contributed by atoms with E-state index in [-0.39, 0.29) is 0 Å². The van der Waals surface area contributed by atoms with Gasteiger partial charge in [0.05, 0.1) is 0 Å². The van der Waals surface area contributed by atoms with Gasteiger partial charge < -0.3 is 10.2 Å². The quantitative estimate of drug-likeness (QED) is 0.843. The summed E-state index contributed by atoms with van der Waals surface area (Å²) >= 11 is 1.77. The van der Waals surface area contributed by atoms with Gasteiger partial charge in [0.1, 0.15) is 5.82 Å². The smallest absolute Gasteiger partial charge is 0.133 e. The summed E-state index contributed by atoms with van der Waals surface area (Å²) in [5.41, 5.74) is 2.69. The molecule has 2 aromatic heterocycles. The van der Waals surface area contributed by atoms with E-state index >= 15 is 0 Å². The average Bonchev–Trinajstić information content (AvgIpc) is 3.20. The molecule has 4 heteroatoms. The Labute approximate surface area is 131 Å². The van der Waals surface area contributed by atoms with Gasteiger partial charge in [-0.05, 0) is 41.3 Å². The number of rotatable bonds is 7. The molecule has 21 heavy (non-hydrogen) atoms. The van der Waals surface area contributed by atoms with Crippen LogP contribution >= 0.6 is 11.3 Å². The van der Waals surface area contributed by atoms with Crippen molar-refractivity contribution in [2.45, 2.75) is 51.9 Å². The van der Waals surface area contributed by atoms with Gasteiger partial charge in [0.15, 0.2) is 0 Å². The molecule has 0 amide bonds. The zero-order valence-electron chi connectivity index (χ0n) is 12.7. The third-order valence-corrected chi connectivity index (χ3v) is 4.49. The molecule has 1 fully saturated rings. The van der Waals surface area contributed by atoms with E-state index < -0.39 is 0 Å². The normalized spacial score (nSPS) is 14.6. The second-order valence-corrected chi connectivity index (χ2v) is 6.79. The molecule has 0 saturated heterocycles. The largest absolute Gasteiger partial charge is 0.349 e. The van der Waals surface area contributed by atoms with Crippen LogP contribution in [0.1, 0.15) is 37.8 Å². The van der Waals surface area contributed by atoms with E-state index in [1.165, 1.54) is 24.0 Å². The first-order chi connectivity index (χ1) is 10.2. The first-order valence-corrected chi connectivity index (χ1v) is 8.63. The van der Waals surface area contributed by atoms with Gasteiger partial charge in [0, 0.05) is 36.9 Å². The van der Waals surface area contributed by atoms with Gasteiger partial charge in [-0.2, -0.15) is 11.3 Å². The summed E-state index contributed by atoms with van der Waals surface area (Å²) in [7, 11) is 0. The molecule has 3 rings (SSSR count). The van der Waals surface area contributed by atoms with Crippen molar-refractivity contribution in [3.05, 3.63) is 46.3 Å². The van der Waals surface area contributed by atoms with Gasteiger partial charge in [-0.25, -0.2) is 4.98 Å². The fraction of sp³-hybridized carbons (Fsp3) is 0.471. The maximum absolute atomic E-state index is 4.69. The summed E-state index contributed by atoms with van der Waals surface area (Å²) in [4.78, 5) is 7.17. The molecule has 0 atom stereocenters. The highest BCUT2D eigenvalue weighted by molar-refractivity contribution is 7.07. The van der Waals surface area contributed by atoms with Crippen molar-refractivity contribution in [3.63, 3.8) is 0 Å². The van der Waals surface area contributed by atoms with Crippen molar-refractivity contribution in [1.82, 2.24) is 10.3 Å². The van der Waals surface area contributed by atoms with E-state index in [4.69, 9.17) is 0 Å². The molecule has 1 N–H and O–H groups in total. The fourth-order valence-electron chi connectivity index (χ4n) is 2.48. The highest BCUT2D eigenvalue weighted by atomic mass is 32.1. The molecular formula is C17H23N3S. The van der Waals surface area contributed by atoms with Crippen LogP contribution in [0.15, 0.2) is 35.2 Å². The SMILES string of the molecule is CC(C)NCc1cccnc1N(Cc1ccsc1)C1CC1. The molecule has 2 aromatic rings. The van der Waals surface area contributed by atoms with E-state index in [1.54, 1.807) is 11.3 Å². The Balaban J connectivity index is 1.81. The van der Waals surface area contributed by atoms with Crippen LogP contribution in [0.4, 0.5) is 5.82 Å². The third kappa shape index (κ3) is 3.83. The molecule has 1 aliphatic carbocycles. The van der Waals surface area contributed by atoms with Gasteiger partial charge in [0.2, 0.25) is 0 Å². The van der Waals surface area contributed by atoms with Gasteiger partial charge >= 0.3 is 0 Å². The molecule has 1 saturated carbocycles. The van der Waals surface area contributed by atoms with Crippen LogP contribution in [-0.2, 0) is 13.1 Å². The zero-order valence-corrected chi connectivity index (χ0v) is 13.6. The number of hydrogen-bond acceptors (Lipinski definition) is 4. The maximum atomic E-state index is 4.69. The molecule has 2 heterocycles. The van der Waals surface area contributed by atoms with E-state index in [9.17, 15) is 0 Å². The number of thiophene rings is 1. The van der Waals surface area contributed by atoms with Crippen molar-refractivity contribution in [3.8, 4) is 0 Å². The maximum Gasteiger partial charge on any atom is 0.133 e. The summed E-state index contributed by atoms with van der Waals surface area (Å²) in [5.74, 6) is 1.15. The number of aromatic nitrogens is 1. The Morgan fingerprint density at radius 2 is 2.24 bits per heavy atom. The highest BCUT2D eigenvalue weighted by Crippen LogP contribution is 2.34. The van der Waals surface area contributed by atoms with Crippen LogP contribution in [0.5, 0.6) is 0 Å². The first kappa shape index (κ1) is 14.5. The summed E-state index contributed by atoms with van der Waals surface area (Å²) < 4.78 is 0. The molecule has 3 nitrogen and oxygen atoms in total. The Bertz CT molecular complexity index is 561. The predicted octanol–water partition coefficient (Wildman–Crippen LogP) is 3.81. The van der Waals surface area contributed by atoms with Gasteiger partial charge in [-0.15, -0.1) is 0 Å². The fourth-order valence-corrected chi connectivity index (χ4v) is 3.14. The Kier molecular flexibility index (Phi) is 4.56. The van der Waals surface area contributed by atoms with Gasteiger partial charge in [0.25, 0.3) is 0 Å². The van der Waals surface area contributed by atoms with Gasteiger partial charge in [-0.3, -0.25) is 0 Å². The Morgan fingerprint density at radius 3 is 2.90 bits per heavy atom. The number of hydrogen-bond donors (Lipinski definition) is 1. The molecule has 112 valence electrons. The number of pyridine rings is 1. The minimum atomic E-state index is 0.490. The molecule has 1 aliphatic rings. The van der Waals surface area contributed by atoms with E-state index in [2.05, 4.69) is 51.9 Å². The Morgan fingerprint density at radius 1 is 1.38 bits per heavy atom. The summed E-state index contributed by atoms with van der Waals surface area (Å²) in [6.45, 7) is 6.22. The van der Waals surface area contributed by atoms with Crippen LogP contribution in [-0.4, -0.2) is 17.1 Å². The van der Waals surface area contributed by atoms with Gasteiger partial charge in [-0.1, -0.05) is 19.9 Å². The lowest BCUT2D eigenvalue weighted by molar-refractivity contribution is 0.586. The molecule has 0 spiro atoms. The van der Waals surface area contributed by atoms with Crippen LogP contribution in [0, 0.1) is 0 Å². The zero-order chi connectivity index (χ0) is 14.7. The van der Waals surface area contributed by atoms with Crippen molar-refractivity contribution >= 4 is 17.2 Å². The number of nitrogens with one attached hydrogen (secondary N) is 1. The first-order valence-electron chi connectivity index (χ1n) is 7.69. The summed E-state index contributed by atoms with van der Waals surface area (Å²) in [6.07, 6.45) is 4.49. The lowest BCUT2D eigenvalue weighted by Gasteiger charge is -2.26. The predicted molar refractivity (Wildman–Crippen MR) is 89.7 cm³/mol. The van der Waals surface area contributed by atoms with E-state index in [1.807, 2.05) is 12.3 Å². The second kappa shape index (κ2) is 6.58. The number of anilines is 1.